The third-order valence-electron chi connectivity index (χ3n) is 1.28. The molecule has 2 nitrogen and oxygen atoms in total. The SMILES string of the molecule is CCN(C)CCCN. The zero-order valence-corrected chi connectivity index (χ0v) is 5.85. The van der Waals surface area contributed by atoms with E-state index < -0.39 is 0 Å². The predicted octanol–water partition coefficient (Wildman–Crippen LogP) is 0.287. The van der Waals surface area contributed by atoms with Crippen molar-refractivity contribution in [1.82, 2.24) is 4.90 Å². The third-order valence-corrected chi connectivity index (χ3v) is 1.28. The van der Waals surface area contributed by atoms with E-state index >= 15 is 0 Å². The van der Waals surface area contributed by atoms with Crippen molar-refractivity contribution in [2.24, 2.45) is 5.73 Å². The molecule has 0 fully saturated rings. The number of hydrogen-bond donors (Lipinski definition) is 1. The van der Waals surface area contributed by atoms with Crippen LogP contribution in [0.1, 0.15) is 13.3 Å². The van der Waals surface area contributed by atoms with E-state index in [1.54, 1.807) is 0 Å². The summed E-state index contributed by atoms with van der Waals surface area (Å²) < 4.78 is 0. The molecule has 0 spiro atoms. The molecule has 0 aliphatic carbocycles. The number of nitrogens with two attached hydrogens (primary N) is 1. The first-order valence-corrected chi connectivity index (χ1v) is 3.20. The largest absolute Gasteiger partial charge is 0.330 e. The summed E-state index contributed by atoms with van der Waals surface area (Å²) in [7, 11) is 2.11. The van der Waals surface area contributed by atoms with Crippen LogP contribution in [0.2, 0.25) is 0 Å². The quantitative estimate of drug-likeness (QED) is 0.572. The lowest BCUT2D eigenvalue weighted by molar-refractivity contribution is 0.349. The van der Waals surface area contributed by atoms with Crippen molar-refractivity contribution in [2.75, 3.05) is 26.7 Å². The second-order valence-electron chi connectivity index (χ2n) is 2.04. The zero-order chi connectivity index (χ0) is 6.41. The lowest BCUT2D eigenvalue weighted by Gasteiger charge is -2.11. The van der Waals surface area contributed by atoms with E-state index in [9.17, 15) is 0 Å². The van der Waals surface area contributed by atoms with Gasteiger partial charge in [-0.05, 0) is 33.1 Å². The lowest BCUT2D eigenvalue weighted by atomic mass is 10.4. The van der Waals surface area contributed by atoms with Gasteiger partial charge in [-0.15, -0.1) is 0 Å². The minimum absolute atomic E-state index is 0.810. The summed E-state index contributed by atoms with van der Waals surface area (Å²) in [5, 5.41) is 0. The van der Waals surface area contributed by atoms with Gasteiger partial charge in [0.2, 0.25) is 0 Å². The highest BCUT2D eigenvalue weighted by Crippen LogP contribution is 1.82. The summed E-state index contributed by atoms with van der Waals surface area (Å²) in [5.74, 6) is 0. The number of rotatable bonds is 4. The molecule has 0 amide bonds. The van der Waals surface area contributed by atoms with Crippen LogP contribution in [-0.2, 0) is 0 Å². The van der Waals surface area contributed by atoms with Crippen molar-refractivity contribution in [3.8, 4) is 0 Å². The smallest absolute Gasteiger partial charge is 0.000988 e. The molecule has 0 aromatic heterocycles. The highest BCUT2D eigenvalue weighted by atomic mass is 15.1. The minimum Gasteiger partial charge on any atom is -0.330 e. The van der Waals surface area contributed by atoms with Crippen molar-refractivity contribution in [3.63, 3.8) is 0 Å². The molecule has 2 N–H and O–H groups in total. The molecule has 0 aromatic rings. The fourth-order valence-corrected chi connectivity index (χ4v) is 0.519. The second-order valence-corrected chi connectivity index (χ2v) is 2.04. The molecule has 0 rings (SSSR count). The average Bonchev–Trinajstić information content (AvgIpc) is 1.83. The van der Waals surface area contributed by atoms with Gasteiger partial charge < -0.3 is 10.6 Å². The second kappa shape index (κ2) is 5.06. The van der Waals surface area contributed by atoms with Gasteiger partial charge in [0.15, 0.2) is 0 Å². The zero-order valence-electron chi connectivity index (χ0n) is 5.85. The number of hydrogen-bond acceptors (Lipinski definition) is 2. The Morgan fingerprint density at radius 1 is 1.50 bits per heavy atom. The van der Waals surface area contributed by atoms with E-state index in [0.717, 1.165) is 26.1 Å². The van der Waals surface area contributed by atoms with Gasteiger partial charge in [0, 0.05) is 0 Å². The van der Waals surface area contributed by atoms with Crippen LogP contribution in [0.4, 0.5) is 0 Å². The molecule has 0 unspecified atom stereocenters. The Labute approximate surface area is 51.7 Å². The van der Waals surface area contributed by atoms with Crippen LogP contribution in [0, 0.1) is 0 Å². The summed E-state index contributed by atoms with van der Waals surface area (Å²) in [5.41, 5.74) is 5.30. The fraction of sp³-hybridized carbons (Fsp3) is 1.00. The van der Waals surface area contributed by atoms with Crippen LogP contribution < -0.4 is 5.73 Å². The van der Waals surface area contributed by atoms with Gasteiger partial charge in [-0.2, -0.15) is 0 Å². The Balaban J connectivity index is 2.86. The Bertz CT molecular complexity index is 45.8. The molecule has 0 heterocycles. The molecule has 0 radical (unpaired) electrons. The molecular weight excluding hydrogens is 100 g/mol. The van der Waals surface area contributed by atoms with E-state index in [0.29, 0.717) is 0 Å². The molecule has 0 saturated heterocycles. The van der Waals surface area contributed by atoms with Gasteiger partial charge in [-0.25, -0.2) is 0 Å². The summed E-state index contributed by atoms with van der Waals surface area (Å²) in [4.78, 5) is 2.26. The molecular formula is C6H16N2. The van der Waals surface area contributed by atoms with E-state index in [4.69, 9.17) is 5.73 Å². The summed E-state index contributed by atoms with van der Waals surface area (Å²) >= 11 is 0. The maximum absolute atomic E-state index is 5.30. The minimum atomic E-state index is 0.810. The Hall–Kier alpha value is -0.0800. The standard InChI is InChI=1S/C6H16N2/c1-3-8(2)6-4-5-7/h3-7H2,1-2H3. The molecule has 0 aliphatic rings. The Morgan fingerprint density at radius 2 is 2.12 bits per heavy atom. The van der Waals surface area contributed by atoms with Crippen molar-refractivity contribution >= 4 is 0 Å². The maximum atomic E-state index is 5.30. The Kier molecular flexibility index (Phi) is 5.01. The average molecular weight is 116 g/mol. The summed E-state index contributed by atoms with van der Waals surface area (Å²) in [6, 6.07) is 0. The predicted molar refractivity (Wildman–Crippen MR) is 36.8 cm³/mol. The van der Waals surface area contributed by atoms with Crippen molar-refractivity contribution in [3.05, 3.63) is 0 Å². The van der Waals surface area contributed by atoms with Crippen LogP contribution in [0.3, 0.4) is 0 Å². The molecule has 0 atom stereocenters. The molecule has 0 bridgehead atoms. The normalized spacial score (nSPS) is 10.5. The summed E-state index contributed by atoms with van der Waals surface area (Å²) in [6.07, 6.45) is 1.12. The van der Waals surface area contributed by atoms with Gasteiger partial charge in [0.25, 0.3) is 0 Å². The van der Waals surface area contributed by atoms with Gasteiger partial charge >= 0.3 is 0 Å². The van der Waals surface area contributed by atoms with Crippen molar-refractivity contribution in [2.45, 2.75) is 13.3 Å². The molecule has 8 heavy (non-hydrogen) atoms. The molecule has 50 valence electrons. The third kappa shape index (κ3) is 4.09. The van der Waals surface area contributed by atoms with Gasteiger partial charge in [0.05, 0.1) is 0 Å². The van der Waals surface area contributed by atoms with Crippen LogP contribution >= 0.6 is 0 Å². The molecule has 0 aliphatic heterocycles. The van der Waals surface area contributed by atoms with E-state index in [1.807, 2.05) is 0 Å². The van der Waals surface area contributed by atoms with Gasteiger partial charge in [0.1, 0.15) is 0 Å². The lowest BCUT2D eigenvalue weighted by Crippen LogP contribution is -2.20. The molecule has 0 saturated carbocycles. The van der Waals surface area contributed by atoms with Crippen LogP contribution in [0.15, 0.2) is 0 Å². The highest BCUT2D eigenvalue weighted by molar-refractivity contribution is 4.46. The first-order valence-electron chi connectivity index (χ1n) is 3.20. The van der Waals surface area contributed by atoms with Gasteiger partial charge in [-0.3, -0.25) is 0 Å². The van der Waals surface area contributed by atoms with Crippen molar-refractivity contribution < 1.29 is 0 Å². The van der Waals surface area contributed by atoms with E-state index in [2.05, 4.69) is 18.9 Å². The van der Waals surface area contributed by atoms with E-state index in [-0.39, 0.29) is 0 Å². The summed E-state index contributed by atoms with van der Waals surface area (Å²) in [6.45, 7) is 5.22. The molecule has 2 heteroatoms. The fourth-order valence-electron chi connectivity index (χ4n) is 0.519. The Morgan fingerprint density at radius 3 is 2.50 bits per heavy atom. The van der Waals surface area contributed by atoms with Crippen LogP contribution in [0.25, 0.3) is 0 Å². The molecule has 0 aromatic carbocycles. The first-order chi connectivity index (χ1) is 3.81. The van der Waals surface area contributed by atoms with Crippen LogP contribution in [0.5, 0.6) is 0 Å². The van der Waals surface area contributed by atoms with Crippen LogP contribution in [-0.4, -0.2) is 31.6 Å². The maximum Gasteiger partial charge on any atom is -0.000988 e. The topological polar surface area (TPSA) is 29.3 Å². The first kappa shape index (κ1) is 7.92. The van der Waals surface area contributed by atoms with Crippen molar-refractivity contribution in [1.29, 1.82) is 0 Å². The van der Waals surface area contributed by atoms with Gasteiger partial charge in [-0.1, -0.05) is 6.92 Å². The monoisotopic (exact) mass is 116 g/mol. The van der Waals surface area contributed by atoms with E-state index in [1.165, 1.54) is 0 Å². The highest BCUT2D eigenvalue weighted by Gasteiger charge is 1.89. The number of nitrogens with zero attached hydrogens (tertiary/aromatic N) is 1.